The summed E-state index contributed by atoms with van der Waals surface area (Å²) in [5, 5.41) is 3.11. The van der Waals surface area contributed by atoms with Gasteiger partial charge in [0.1, 0.15) is 0 Å². The van der Waals surface area contributed by atoms with Gasteiger partial charge in [0.2, 0.25) is 5.91 Å². The summed E-state index contributed by atoms with van der Waals surface area (Å²) in [6.45, 7) is 4.13. The van der Waals surface area contributed by atoms with Crippen molar-refractivity contribution in [3.8, 4) is 0 Å². The van der Waals surface area contributed by atoms with E-state index in [0.717, 1.165) is 32.1 Å². The molecule has 0 heterocycles. The van der Waals surface area contributed by atoms with Crippen molar-refractivity contribution in [2.75, 3.05) is 0 Å². The average molecular weight is 260 g/mol. The number of hydrogen-bond donors (Lipinski definition) is 2. The van der Waals surface area contributed by atoms with Gasteiger partial charge in [-0.05, 0) is 51.5 Å². The molecule has 0 saturated heterocycles. The fourth-order valence-corrected chi connectivity index (χ4v) is 2.38. The lowest BCUT2D eigenvalue weighted by Gasteiger charge is -2.39. The molecule has 0 radical (unpaired) electrons. The highest BCUT2D eigenvalue weighted by Crippen LogP contribution is 2.30. The zero-order valence-electron chi connectivity index (χ0n) is 11.9. The minimum atomic E-state index is -0.607. The number of nitrogens with two attached hydrogens (primary N) is 1. The van der Waals surface area contributed by atoms with E-state index in [-0.39, 0.29) is 11.4 Å². The van der Waals surface area contributed by atoms with Gasteiger partial charge in [0.05, 0.1) is 5.54 Å². The Kier molecular flexibility index (Phi) is 3.95. The summed E-state index contributed by atoms with van der Waals surface area (Å²) in [5.41, 5.74) is 6.53. The number of benzene rings is 1. The molecule has 3 N–H and O–H groups in total. The van der Waals surface area contributed by atoms with Gasteiger partial charge >= 0.3 is 0 Å². The predicted octanol–water partition coefficient (Wildman–Crippen LogP) is 2.40. The predicted molar refractivity (Wildman–Crippen MR) is 77.8 cm³/mol. The molecule has 3 heteroatoms. The van der Waals surface area contributed by atoms with E-state index in [1.54, 1.807) is 0 Å². The van der Waals surface area contributed by atoms with E-state index in [1.807, 2.05) is 18.2 Å². The maximum atomic E-state index is 12.1. The third kappa shape index (κ3) is 3.57. The van der Waals surface area contributed by atoms with Gasteiger partial charge in [0.25, 0.3) is 0 Å². The molecule has 1 fully saturated rings. The minimum absolute atomic E-state index is 0.0109. The van der Waals surface area contributed by atoms with Gasteiger partial charge in [0, 0.05) is 5.54 Å². The normalized spacial score (nSPS) is 17.6. The van der Waals surface area contributed by atoms with Gasteiger partial charge in [-0.15, -0.1) is 0 Å². The van der Waals surface area contributed by atoms with Crippen molar-refractivity contribution in [3.63, 3.8) is 0 Å². The van der Waals surface area contributed by atoms with Crippen molar-refractivity contribution in [2.24, 2.45) is 5.73 Å². The third-order valence-corrected chi connectivity index (χ3v) is 4.03. The first-order valence-electron chi connectivity index (χ1n) is 7.07. The Morgan fingerprint density at radius 1 is 1.32 bits per heavy atom. The van der Waals surface area contributed by atoms with Gasteiger partial charge in [-0.3, -0.25) is 4.79 Å². The van der Waals surface area contributed by atoms with Gasteiger partial charge in [-0.25, -0.2) is 0 Å². The van der Waals surface area contributed by atoms with Crippen LogP contribution in [0.15, 0.2) is 30.3 Å². The molecular formula is C16H24N2O. The molecule has 19 heavy (non-hydrogen) atoms. The van der Waals surface area contributed by atoms with Crippen molar-refractivity contribution >= 4 is 5.91 Å². The van der Waals surface area contributed by atoms with Crippen molar-refractivity contribution in [2.45, 2.75) is 57.0 Å². The standard InChI is InChI=1S/C16H24N2O/c1-15(2,12-9-13-7-4-3-5-8-13)18-14(19)16(17)10-6-11-16/h3-5,7-8H,6,9-12,17H2,1-2H3,(H,18,19). The summed E-state index contributed by atoms with van der Waals surface area (Å²) < 4.78 is 0. The van der Waals surface area contributed by atoms with Gasteiger partial charge in [0.15, 0.2) is 0 Å². The Bertz CT molecular complexity index is 435. The number of carbonyl (C=O) groups excluding carboxylic acids is 1. The van der Waals surface area contributed by atoms with Crippen LogP contribution in [0.1, 0.15) is 45.1 Å². The Morgan fingerprint density at radius 2 is 1.95 bits per heavy atom. The molecule has 1 aromatic rings. The molecule has 0 aliphatic heterocycles. The van der Waals surface area contributed by atoms with Gasteiger partial charge in [-0.1, -0.05) is 30.3 Å². The van der Waals surface area contributed by atoms with E-state index in [9.17, 15) is 4.79 Å². The van der Waals surface area contributed by atoms with Crippen molar-refractivity contribution in [3.05, 3.63) is 35.9 Å². The Balaban J connectivity index is 1.86. The van der Waals surface area contributed by atoms with Crippen LogP contribution < -0.4 is 11.1 Å². The second kappa shape index (κ2) is 5.33. The molecule has 0 unspecified atom stereocenters. The molecular weight excluding hydrogens is 236 g/mol. The first kappa shape index (κ1) is 14.1. The van der Waals surface area contributed by atoms with Gasteiger partial charge < -0.3 is 11.1 Å². The van der Waals surface area contributed by atoms with Crippen molar-refractivity contribution < 1.29 is 4.79 Å². The molecule has 1 saturated carbocycles. The second-order valence-corrected chi connectivity index (χ2v) is 6.33. The number of nitrogens with one attached hydrogen (secondary N) is 1. The smallest absolute Gasteiger partial charge is 0.240 e. The molecule has 3 nitrogen and oxygen atoms in total. The van der Waals surface area contributed by atoms with Crippen LogP contribution >= 0.6 is 0 Å². The molecule has 0 bridgehead atoms. The van der Waals surface area contributed by atoms with Crippen LogP contribution in [-0.2, 0) is 11.2 Å². The summed E-state index contributed by atoms with van der Waals surface area (Å²) in [5.74, 6) is 0.0109. The lowest BCUT2D eigenvalue weighted by molar-refractivity contribution is -0.131. The summed E-state index contributed by atoms with van der Waals surface area (Å²) in [7, 11) is 0. The Morgan fingerprint density at radius 3 is 2.47 bits per heavy atom. The fraction of sp³-hybridized carbons (Fsp3) is 0.562. The highest BCUT2D eigenvalue weighted by atomic mass is 16.2. The maximum absolute atomic E-state index is 12.1. The van der Waals surface area contributed by atoms with E-state index < -0.39 is 5.54 Å². The first-order valence-corrected chi connectivity index (χ1v) is 7.07. The van der Waals surface area contributed by atoms with Gasteiger partial charge in [-0.2, -0.15) is 0 Å². The Labute approximate surface area is 115 Å². The molecule has 1 aliphatic carbocycles. The third-order valence-electron chi connectivity index (χ3n) is 4.03. The lowest BCUT2D eigenvalue weighted by atomic mass is 9.76. The first-order chi connectivity index (χ1) is 8.91. The molecule has 0 spiro atoms. The number of carbonyl (C=O) groups is 1. The average Bonchev–Trinajstić information content (AvgIpc) is 2.34. The topological polar surface area (TPSA) is 55.1 Å². The monoisotopic (exact) mass is 260 g/mol. The maximum Gasteiger partial charge on any atom is 0.240 e. The second-order valence-electron chi connectivity index (χ2n) is 6.33. The van der Waals surface area contributed by atoms with E-state index in [2.05, 4.69) is 31.3 Å². The fourth-order valence-electron chi connectivity index (χ4n) is 2.38. The van der Waals surface area contributed by atoms with Crippen LogP contribution in [0.5, 0.6) is 0 Å². The number of aryl methyl sites for hydroxylation is 1. The molecule has 2 rings (SSSR count). The highest BCUT2D eigenvalue weighted by molar-refractivity contribution is 5.87. The van der Waals surface area contributed by atoms with Crippen LogP contribution in [0.2, 0.25) is 0 Å². The van der Waals surface area contributed by atoms with Crippen LogP contribution in [0.3, 0.4) is 0 Å². The quantitative estimate of drug-likeness (QED) is 0.854. The summed E-state index contributed by atoms with van der Waals surface area (Å²) in [6, 6.07) is 10.3. The van der Waals surface area contributed by atoms with E-state index in [4.69, 9.17) is 5.73 Å². The van der Waals surface area contributed by atoms with Crippen LogP contribution in [-0.4, -0.2) is 17.0 Å². The summed E-state index contributed by atoms with van der Waals surface area (Å²) >= 11 is 0. The summed E-state index contributed by atoms with van der Waals surface area (Å²) in [6.07, 6.45) is 4.57. The highest BCUT2D eigenvalue weighted by Gasteiger charge is 2.41. The van der Waals surface area contributed by atoms with E-state index in [1.165, 1.54) is 5.56 Å². The molecule has 0 aromatic heterocycles. The Hall–Kier alpha value is -1.35. The molecule has 1 aliphatic rings. The number of amides is 1. The number of hydrogen-bond acceptors (Lipinski definition) is 2. The molecule has 104 valence electrons. The van der Waals surface area contributed by atoms with E-state index >= 15 is 0 Å². The molecule has 1 amide bonds. The SMILES string of the molecule is CC(C)(CCc1ccccc1)NC(=O)C1(N)CCC1. The van der Waals surface area contributed by atoms with Crippen molar-refractivity contribution in [1.82, 2.24) is 5.32 Å². The zero-order chi connectivity index (χ0) is 13.9. The van der Waals surface area contributed by atoms with Crippen LogP contribution in [0, 0.1) is 0 Å². The largest absolute Gasteiger partial charge is 0.350 e. The zero-order valence-corrected chi connectivity index (χ0v) is 11.9. The molecule has 1 aromatic carbocycles. The van der Waals surface area contributed by atoms with Crippen LogP contribution in [0.25, 0.3) is 0 Å². The van der Waals surface area contributed by atoms with Crippen molar-refractivity contribution in [1.29, 1.82) is 0 Å². The lowest BCUT2D eigenvalue weighted by Crippen LogP contribution is -2.62. The van der Waals surface area contributed by atoms with E-state index in [0.29, 0.717) is 0 Å². The molecule has 0 atom stereocenters. The summed E-state index contributed by atoms with van der Waals surface area (Å²) in [4.78, 5) is 12.1. The number of rotatable bonds is 5. The minimum Gasteiger partial charge on any atom is -0.350 e. The van der Waals surface area contributed by atoms with Crippen LogP contribution in [0.4, 0.5) is 0 Å².